The van der Waals surface area contributed by atoms with E-state index in [4.69, 9.17) is 0 Å². The van der Waals surface area contributed by atoms with Crippen molar-refractivity contribution in [1.29, 1.82) is 5.26 Å². The number of fused-ring (bicyclic) bond motifs is 1. The first-order valence-electron chi connectivity index (χ1n) is 6.48. The van der Waals surface area contributed by atoms with Crippen LogP contribution in [0.5, 0.6) is 0 Å². The lowest BCUT2D eigenvalue weighted by Gasteiger charge is -2.09. The molecule has 2 nitrogen and oxygen atoms in total. The standard InChI is InChI=1S/C17H13FN2/c18-16-7-3-1-5-14(16)12(10-19)9-13-11-20-17-8-4-2-6-15(13)17/h1-8,11-12,20H,9H2. The zero-order valence-electron chi connectivity index (χ0n) is 10.8. The number of hydrogen-bond donors (Lipinski definition) is 1. The summed E-state index contributed by atoms with van der Waals surface area (Å²) < 4.78 is 13.8. The van der Waals surface area contributed by atoms with E-state index in [1.54, 1.807) is 18.2 Å². The summed E-state index contributed by atoms with van der Waals surface area (Å²) in [5, 5.41) is 10.4. The Morgan fingerprint density at radius 1 is 1.10 bits per heavy atom. The molecule has 2 aromatic carbocycles. The lowest BCUT2D eigenvalue weighted by atomic mass is 9.93. The first-order chi connectivity index (χ1) is 9.79. The van der Waals surface area contributed by atoms with E-state index in [0.29, 0.717) is 12.0 Å². The monoisotopic (exact) mass is 264 g/mol. The minimum absolute atomic E-state index is 0.320. The van der Waals surface area contributed by atoms with Crippen molar-refractivity contribution in [1.82, 2.24) is 4.98 Å². The highest BCUT2D eigenvalue weighted by atomic mass is 19.1. The Morgan fingerprint density at radius 3 is 2.65 bits per heavy atom. The second-order valence-corrected chi connectivity index (χ2v) is 4.77. The highest BCUT2D eigenvalue weighted by Gasteiger charge is 2.17. The molecule has 0 radical (unpaired) electrons. The number of rotatable bonds is 3. The number of aromatic amines is 1. The van der Waals surface area contributed by atoms with Gasteiger partial charge in [-0.3, -0.25) is 0 Å². The zero-order chi connectivity index (χ0) is 13.9. The van der Waals surface area contributed by atoms with Crippen molar-refractivity contribution in [2.75, 3.05) is 0 Å². The molecule has 0 fully saturated rings. The van der Waals surface area contributed by atoms with Crippen LogP contribution in [0.2, 0.25) is 0 Å². The van der Waals surface area contributed by atoms with Crippen LogP contribution in [0.4, 0.5) is 4.39 Å². The lowest BCUT2D eigenvalue weighted by molar-refractivity contribution is 0.600. The lowest BCUT2D eigenvalue weighted by Crippen LogP contribution is -2.02. The summed E-state index contributed by atoms with van der Waals surface area (Å²) >= 11 is 0. The first-order valence-corrected chi connectivity index (χ1v) is 6.48. The summed E-state index contributed by atoms with van der Waals surface area (Å²) in [6.45, 7) is 0. The van der Waals surface area contributed by atoms with E-state index in [1.807, 2.05) is 30.5 Å². The van der Waals surface area contributed by atoms with Gasteiger partial charge in [-0.2, -0.15) is 5.26 Å². The predicted octanol–water partition coefficient (Wildman–Crippen LogP) is 4.16. The molecule has 1 heterocycles. The highest BCUT2D eigenvalue weighted by Crippen LogP contribution is 2.26. The van der Waals surface area contributed by atoms with Crippen molar-refractivity contribution in [2.45, 2.75) is 12.3 Å². The number of H-pyrrole nitrogens is 1. The van der Waals surface area contributed by atoms with Crippen LogP contribution < -0.4 is 0 Å². The first kappa shape index (κ1) is 12.4. The molecule has 0 bridgehead atoms. The third-order valence-electron chi connectivity index (χ3n) is 3.54. The van der Waals surface area contributed by atoms with Crippen molar-refractivity contribution >= 4 is 10.9 Å². The van der Waals surface area contributed by atoms with Crippen molar-refractivity contribution in [3.8, 4) is 6.07 Å². The molecule has 0 aliphatic carbocycles. The van der Waals surface area contributed by atoms with Gasteiger partial charge in [-0.25, -0.2) is 4.39 Å². The molecule has 98 valence electrons. The molecule has 1 aromatic heterocycles. The van der Waals surface area contributed by atoms with E-state index >= 15 is 0 Å². The topological polar surface area (TPSA) is 39.6 Å². The van der Waals surface area contributed by atoms with E-state index < -0.39 is 5.92 Å². The second-order valence-electron chi connectivity index (χ2n) is 4.77. The maximum absolute atomic E-state index is 13.8. The Bertz CT molecular complexity index is 783. The molecule has 0 saturated heterocycles. The van der Waals surface area contributed by atoms with Gasteiger partial charge in [0.1, 0.15) is 5.82 Å². The van der Waals surface area contributed by atoms with Crippen LogP contribution in [0.25, 0.3) is 10.9 Å². The smallest absolute Gasteiger partial charge is 0.127 e. The number of nitrogens with one attached hydrogen (secondary N) is 1. The SMILES string of the molecule is N#CC(Cc1c[nH]c2ccccc12)c1ccccc1F. The number of nitriles is 1. The van der Waals surface area contributed by atoms with Crippen LogP contribution in [-0.4, -0.2) is 4.98 Å². The molecule has 3 rings (SSSR count). The quantitative estimate of drug-likeness (QED) is 0.758. The van der Waals surface area contributed by atoms with Crippen LogP contribution in [0.1, 0.15) is 17.0 Å². The average molecular weight is 264 g/mol. The Balaban J connectivity index is 1.97. The Kier molecular flexibility index (Phi) is 3.22. The summed E-state index contributed by atoms with van der Waals surface area (Å²) in [6, 6.07) is 16.6. The fraction of sp³-hybridized carbons (Fsp3) is 0.118. The van der Waals surface area contributed by atoms with E-state index in [0.717, 1.165) is 16.5 Å². The fourth-order valence-corrected chi connectivity index (χ4v) is 2.50. The van der Waals surface area contributed by atoms with Gasteiger partial charge in [-0.15, -0.1) is 0 Å². The molecular formula is C17H13FN2. The third-order valence-corrected chi connectivity index (χ3v) is 3.54. The van der Waals surface area contributed by atoms with Crippen molar-refractivity contribution < 1.29 is 4.39 Å². The number of halogens is 1. The molecule has 0 spiro atoms. The number of para-hydroxylation sites is 1. The molecule has 1 N–H and O–H groups in total. The Labute approximate surface area is 116 Å². The van der Waals surface area contributed by atoms with Crippen molar-refractivity contribution in [3.05, 3.63) is 71.7 Å². The molecule has 0 saturated carbocycles. The summed E-state index contributed by atoms with van der Waals surface area (Å²) in [6.07, 6.45) is 2.40. The number of aromatic nitrogens is 1. The van der Waals surface area contributed by atoms with Crippen molar-refractivity contribution in [2.24, 2.45) is 0 Å². The maximum Gasteiger partial charge on any atom is 0.127 e. The Morgan fingerprint density at radius 2 is 1.85 bits per heavy atom. The zero-order valence-corrected chi connectivity index (χ0v) is 10.8. The summed E-state index contributed by atoms with van der Waals surface area (Å²) in [7, 11) is 0. The largest absolute Gasteiger partial charge is 0.361 e. The molecule has 3 heteroatoms. The predicted molar refractivity (Wildman–Crippen MR) is 76.8 cm³/mol. The third kappa shape index (κ3) is 2.17. The van der Waals surface area contributed by atoms with Gasteiger partial charge in [0.2, 0.25) is 0 Å². The van der Waals surface area contributed by atoms with Gasteiger partial charge in [0.25, 0.3) is 0 Å². The van der Waals surface area contributed by atoms with Gasteiger partial charge < -0.3 is 4.98 Å². The van der Waals surface area contributed by atoms with Gasteiger partial charge in [-0.1, -0.05) is 36.4 Å². The van der Waals surface area contributed by atoms with E-state index in [1.165, 1.54) is 6.07 Å². The maximum atomic E-state index is 13.8. The van der Waals surface area contributed by atoms with Crippen LogP contribution in [-0.2, 0) is 6.42 Å². The summed E-state index contributed by atoms with van der Waals surface area (Å²) in [5.41, 5.74) is 2.53. The average Bonchev–Trinajstić information content (AvgIpc) is 2.89. The number of hydrogen-bond acceptors (Lipinski definition) is 1. The summed E-state index contributed by atoms with van der Waals surface area (Å²) in [5.74, 6) is -0.797. The van der Waals surface area contributed by atoms with Crippen LogP contribution >= 0.6 is 0 Å². The molecule has 20 heavy (non-hydrogen) atoms. The fourth-order valence-electron chi connectivity index (χ4n) is 2.50. The van der Waals surface area contributed by atoms with Gasteiger partial charge in [0.15, 0.2) is 0 Å². The van der Waals surface area contributed by atoms with Crippen molar-refractivity contribution in [3.63, 3.8) is 0 Å². The van der Waals surface area contributed by atoms with Crippen LogP contribution in [0.3, 0.4) is 0 Å². The minimum Gasteiger partial charge on any atom is -0.361 e. The Hall–Kier alpha value is -2.60. The van der Waals surface area contributed by atoms with Gasteiger partial charge in [0, 0.05) is 22.7 Å². The minimum atomic E-state index is -0.476. The molecule has 3 aromatic rings. The van der Waals surface area contributed by atoms with E-state index in [9.17, 15) is 9.65 Å². The van der Waals surface area contributed by atoms with Gasteiger partial charge in [0.05, 0.1) is 12.0 Å². The van der Waals surface area contributed by atoms with E-state index in [-0.39, 0.29) is 5.82 Å². The molecule has 0 aliphatic heterocycles. The number of nitrogens with zero attached hydrogens (tertiary/aromatic N) is 1. The summed E-state index contributed by atoms with van der Waals surface area (Å²) in [4.78, 5) is 3.18. The van der Waals surface area contributed by atoms with Gasteiger partial charge >= 0.3 is 0 Å². The normalized spacial score (nSPS) is 12.2. The molecule has 0 aliphatic rings. The van der Waals surface area contributed by atoms with Crippen LogP contribution in [0.15, 0.2) is 54.7 Å². The molecule has 1 unspecified atom stereocenters. The highest BCUT2D eigenvalue weighted by molar-refractivity contribution is 5.83. The van der Waals surface area contributed by atoms with Crippen LogP contribution in [0, 0.1) is 17.1 Å². The van der Waals surface area contributed by atoms with E-state index in [2.05, 4.69) is 11.1 Å². The second kappa shape index (κ2) is 5.18. The molecular weight excluding hydrogens is 251 g/mol. The van der Waals surface area contributed by atoms with Gasteiger partial charge in [-0.05, 0) is 24.1 Å². The number of benzene rings is 2. The molecule has 1 atom stereocenters. The molecule has 0 amide bonds.